The van der Waals surface area contributed by atoms with Crippen LogP contribution in [0.1, 0.15) is 11.1 Å². The van der Waals surface area contributed by atoms with Crippen molar-refractivity contribution in [3.63, 3.8) is 0 Å². The predicted octanol–water partition coefficient (Wildman–Crippen LogP) is 5.13. The molecule has 17 heavy (non-hydrogen) atoms. The Balaban J connectivity index is 2.02. The van der Waals surface area contributed by atoms with Gasteiger partial charge in [-0.3, -0.25) is 0 Å². The second-order valence-corrected chi connectivity index (χ2v) is 5.71. The Morgan fingerprint density at radius 2 is 1.71 bits per heavy atom. The minimum Gasteiger partial charge on any atom is -0.381 e. The summed E-state index contributed by atoms with van der Waals surface area (Å²) in [5.41, 5.74) is 3.68. The first kappa shape index (κ1) is 12.7. The third-order valence-corrected chi connectivity index (χ3v) is 3.98. The van der Waals surface area contributed by atoms with Crippen LogP contribution in [0.3, 0.4) is 0 Å². The largest absolute Gasteiger partial charge is 0.381 e. The number of rotatable bonds is 3. The fourth-order valence-corrected chi connectivity index (χ4v) is 2.10. The molecule has 0 aliphatic carbocycles. The summed E-state index contributed by atoms with van der Waals surface area (Å²) in [6.45, 7) is 2.95. The van der Waals surface area contributed by atoms with Gasteiger partial charge in [-0.1, -0.05) is 44.0 Å². The van der Waals surface area contributed by atoms with Crippen LogP contribution >= 0.6 is 31.9 Å². The molecule has 88 valence electrons. The van der Waals surface area contributed by atoms with E-state index in [9.17, 15) is 0 Å². The standard InChI is InChI=1S/C14H13Br2N/c1-10-8-11(2-7-14(10)16)9-17-13-5-3-12(15)4-6-13/h2-8,17H,9H2,1H3. The molecule has 0 amide bonds. The molecule has 2 rings (SSSR count). The SMILES string of the molecule is Cc1cc(CNc2ccc(Br)cc2)ccc1Br. The highest BCUT2D eigenvalue weighted by Crippen LogP contribution is 2.19. The molecule has 1 N–H and O–H groups in total. The van der Waals surface area contributed by atoms with Crippen LogP contribution in [-0.2, 0) is 6.54 Å². The molecular weight excluding hydrogens is 342 g/mol. The minimum atomic E-state index is 0.843. The van der Waals surface area contributed by atoms with Gasteiger partial charge in [0, 0.05) is 21.2 Å². The van der Waals surface area contributed by atoms with Gasteiger partial charge in [0.25, 0.3) is 0 Å². The lowest BCUT2D eigenvalue weighted by atomic mass is 10.1. The van der Waals surface area contributed by atoms with Gasteiger partial charge < -0.3 is 5.32 Å². The number of hydrogen-bond acceptors (Lipinski definition) is 1. The zero-order valence-corrected chi connectivity index (χ0v) is 12.7. The highest BCUT2D eigenvalue weighted by Gasteiger charge is 1.98. The van der Waals surface area contributed by atoms with E-state index in [2.05, 4.69) is 74.4 Å². The van der Waals surface area contributed by atoms with Gasteiger partial charge in [-0.05, 0) is 48.4 Å². The molecule has 0 aliphatic heterocycles. The first-order valence-electron chi connectivity index (χ1n) is 5.39. The molecule has 2 aromatic carbocycles. The Hall–Kier alpha value is -0.800. The number of halogens is 2. The third-order valence-electron chi connectivity index (χ3n) is 2.56. The Morgan fingerprint density at radius 3 is 2.35 bits per heavy atom. The lowest BCUT2D eigenvalue weighted by Gasteiger charge is -2.08. The van der Waals surface area contributed by atoms with Gasteiger partial charge in [0.05, 0.1) is 0 Å². The summed E-state index contributed by atoms with van der Waals surface area (Å²) in [7, 11) is 0. The molecule has 2 aromatic rings. The van der Waals surface area contributed by atoms with E-state index in [1.165, 1.54) is 11.1 Å². The Kier molecular flexibility index (Phi) is 4.24. The second-order valence-electron chi connectivity index (χ2n) is 3.94. The summed E-state index contributed by atoms with van der Waals surface area (Å²) in [6, 6.07) is 14.6. The summed E-state index contributed by atoms with van der Waals surface area (Å²) in [4.78, 5) is 0. The topological polar surface area (TPSA) is 12.0 Å². The van der Waals surface area contributed by atoms with Crippen molar-refractivity contribution in [2.45, 2.75) is 13.5 Å². The Bertz CT molecular complexity index is 506. The number of anilines is 1. The Morgan fingerprint density at radius 1 is 1.00 bits per heavy atom. The van der Waals surface area contributed by atoms with Gasteiger partial charge in [0.2, 0.25) is 0 Å². The number of aryl methyl sites for hydroxylation is 1. The first-order valence-corrected chi connectivity index (χ1v) is 6.98. The van der Waals surface area contributed by atoms with E-state index in [0.717, 1.165) is 21.2 Å². The fourth-order valence-electron chi connectivity index (χ4n) is 1.59. The maximum absolute atomic E-state index is 3.51. The monoisotopic (exact) mass is 353 g/mol. The predicted molar refractivity (Wildman–Crippen MR) is 80.3 cm³/mol. The summed E-state index contributed by atoms with van der Waals surface area (Å²) in [5.74, 6) is 0. The van der Waals surface area contributed by atoms with E-state index in [1.807, 2.05) is 12.1 Å². The van der Waals surface area contributed by atoms with Crippen LogP contribution < -0.4 is 5.32 Å². The van der Waals surface area contributed by atoms with Crippen LogP contribution in [0.5, 0.6) is 0 Å². The van der Waals surface area contributed by atoms with Crippen molar-refractivity contribution < 1.29 is 0 Å². The zero-order valence-electron chi connectivity index (χ0n) is 9.50. The molecule has 0 unspecified atom stereocenters. The van der Waals surface area contributed by atoms with Crippen LogP contribution in [-0.4, -0.2) is 0 Å². The van der Waals surface area contributed by atoms with E-state index >= 15 is 0 Å². The first-order chi connectivity index (χ1) is 8.15. The van der Waals surface area contributed by atoms with Crippen molar-refractivity contribution in [1.82, 2.24) is 0 Å². The average molecular weight is 355 g/mol. The molecule has 0 heterocycles. The number of hydrogen-bond donors (Lipinski definition) is 1. The summed E-state index contributed by atoms with van der Waals surface area (Å²) in [6.07, 6.45) is 0. The van der Waals surface area contributed by atoms with Crippen LogP contribution in [0, 0.1) is 6.92 Å². The lowest BCUT2D eigenvalue weighted by molar-refractivity contribution is 1.14. The minimum absolute atomic E-state index is 0.843. The molecule has 0 bridgehead atoms. The van der Waals surface area contributed by atoms with Crippen LogP contribution in [0.4, 0.5) is 5.69 Å². The average Bonchev–Trinajstić information content (AvgIpc) is 2.33. The van der Waals surface area contributed by atoms with E-state index in [1.54, 1.807) is 0 Å². The quantitative estimate of drug-likeness (QED) is 0.805. The van der Waals surface area contributed by atoms with Gasteiger partial charge in [-0.15, -0.1) is 0 Å². The lowest BCUT2D eigenvalue weighted by Crippen LogP contribution is -1.99. The molecule has 0 atom stereocenters. The van der Waals surface area contributed by atoms with Crippen molar-refractivity contribution in [3.8, 4) is 0 Å². The van der Waals surface area contributed by atoms with Gasteiger partial charge in [-0.2, -0.15) is 0 Å². The van der Waals surface area contributed by atoms with Gasteiger partial charge in [0.1, 0.15) is 0 Å². The van der Waals surface area contributed by atoms with Crippen LogP contribution in [0.25, 0.3) is 0 Å². The van der Waals surface area contributed by atoms with Crippen molar-refractivity contribution in [3.05, 3.63) is 62.5 Å². The normalized spacial score (nSPS) is 10.3. The van der Waals surface area contributed by atoms with E-state index in [-0.39, 0.29) is 0 Å². The molecule has 0 aliphatic rings. The van der Waals surface area contributed by atoms with Gasteiger partial charge in [-0.25, -0.2) is 0 Å². The maximum atomic E-state index is 3.51. The maximum Gasteiger partial charge on any atom is 0.0400 e. The van der Waals surface area contributed by atoms with Crippen LogP contribution in [0.2, 0.25) is 0 Å². The Labute approximate surface area is 119 Å². The molecular formula is C14H13Br2N. The summed E-state index contributed by atoms with van der Waals surface area (Å²) >= 11 is 6.93. The zero-order chi connectivity index (χ0) is 12.3. The van der Waals surface area contributed by atoms with Gasteiger partial charge >= 0.3 is 0 Å². The summed E-state index contributed by atoms with van der Waals surface area (Å²) < 4.78 is 2.26. The van der Waals surface area contributed by atoms with Crippen molar-refractivity contribution >= 4 is 37.5 Å². The van der Waals surface area contributed by atoms with E-state index < -0.39 is 0 Å². The molecule has 0 fully saturated rings. The molecule has 0 spiro atoms. The van der Waals surface area contributed by atoms with Crippen LogP contribution in [0.15, 0.2) is 51.4 Å². The fraction of sp³-hybridized carbons (Fsp3) is 0.143. The van der Waals surface area contributed by atoms with Crippen molar-refractivity contribution in [2.24, 2.45) is 0 Å². The smallest absolute Gasteiger partial charge is 0.0400 e. The number of nitrogens with one attached hydrogen (secondary N) is 1. The molecule has 0 radical (unpaired) electrons. The molecule has 0 saturated carbocycles. The summed E-state index contributed by atoms with van der Waals surface area (Å²) in [5, 5.41) is 3.40. The van der Waals surface area contributed by atoms with E-state index in [4.69, 9.17) is 0 Å². The van der Waals surface area contributed by atoms with Gasteiger partial charge in [0.15, 0.2) is 0 Å². The molecule has 0 aromatic heterocycles. The van der Waals surface area contributed by atoms with E-state index in [0.29, 0.717) is 0 Å². The highest BCUT2D eigenvalue weighted by atomic mass is 79.9. The molecule has 1 nitrogen and oxygen atoms in total. The molecule has 0 saturated heterocycles. The van der Waals surface area contributed by atoms with Crippen molar-refractivity contribution in [1.29, 1.82) is 0 Å². The second kappa shape index (κ2) is 5.69. The highest BCUT2D eigenvalue weighted by molar-refractivity contribution is 9.10. The number of benzene rings is 2. The molecule has 3 heteroatoms. The van der Waals surface area contributed by atoms with Crippen molar-refractivity contribution in [2.75, 3.05) is 5.32 Å². The third kappa shape index (κ3) is 3.58.